The number of nitrogens with zero attached hydrogens (tertiary/aromatic N) is 6. The number of nitrogens with one attached hydrogen (secondary N) is 1. The van der Waals surface area contributed by atoms with Gasteiger partial charge in [-0.1, -0.05) is 12.6 Å². The molecule has 30 heavy (non-hydrogen) atoms. The maximum Gasteiger partial charge on any atom is 0.129 e. The van der Waals surface area contributed by atoms with Gasteiger partial charge in [-0.15, -0.1) is 0 Å². The number of aliphatic imine (C=N–C) groups is 1. The molecule has 1 fully saturated rings. The van der Waals surface area contributed by atoms with Gasteiger partial charge in [0.1, 0.15) is 11.5 Å². The number of nitrogens with two attached hydrogens (primary N) is 1. The van der Waals surface area contributed by atoms with Gasteiger partial charge >= 0.3 is 0 Å². The molecule has 0 radical (unpaired) electrons. The van der Waals surface area contributed by atoms with Crippen LogP contribution in [0.25, 0.3) is 24.0 Å². The van der Waals surface area contributed by atoms with E-state index in [1.54, 1.807) is 17.9 Å². The Morgan fingerprint density at radius 1 is 1.33 bits per heavy atom. The molecule has 0 aromatic carbocycles. The van der Waals surface area contributed by atoms with E-state index < -0.39 is 0 Å². The molecule has 0 bridgehead atoms. The molecular weight excluding hydrogens is 376 g/mol. The van der Waals surface area contributed by atoms with Gasteiger partial charge in [0.05, 0.1) is 23.0 Å². The van der Waals surface area contributed by atoms with Crippen molar-refractivity contribution in [2.24, 2.45) is 17.8 Å². The summed E-state index contributed by atoms with van der Waals surface area (Å²) in [5.74, 6) is 0.956. The number of pyridine rings is 1. The number of rotatable bonds is 4. The number of hydrogen-bond donors (Lipinski definition) is 2. The Morgan fingerprint density at radius 2 is 2.20 bits per heavy atom. The number of hydrogen-bond acceptors (Lipinski definition) is 6. The highest BCUT2D eigenvalue weighted by atomic mass is 15.2. The minimum absolute atomic E-state index is 0.277. The number of aromatic nitrogens is 5. The molecule has 8 heteroatoms. The Labute approximate surface area is 175 Å². The second kappa shape index (κ2) is 8.62. The van der Waals surface area contributed by atoms with Gasteiger partial charge in [-0.05, 0) is 37.5 Å². The highest BCUT2D eigenvalue weighted by molar-refractivity contribution is 6.20. The molecule has 3 aromatic heterocycles. The van der Waals surface area contributed by atoms with E-state index in [2.05, 4.69) is 37.8 Å². The lowest BCUT2D eigenvalue weighted by atomic mass is 10.1. The van der Waals surface area contributed by atoms with E-state index in [-0.39, 0.29) is 6.04 Å². The third-order valence-electron chi connectivity index (χ3n) is 5.48. The normalized spacial score (nSPS) is 18.6. The molecule has 4 heterocycles. The van der Waals surface area contributed by atoms with E-state index >= 15 is 0 Å². The highest BCUT2D eigenvalue weighted by Crippen LogP contribution is 2.20. The average Bonchev–Trinajstić information content (AvgIpc) is 3.26. The molecule has 1 saturated heterocycles. The van der Waals surface area contributed by atoms with Crippen LogP contribution >= 0.6 is 0 Å². The summed E-state index contributed by atoms with van der Waals surface area (Å²) in [7, 11) is 3.66. The summed E-state index contributed by atoms with van der Waals surface area (Å²) < 4.78 is 1.76. The summed E-state index contributed by atoms with van der Waals surface area (Å²) in [4.78, 5) is 11.7. The molecule has 156 valence electrons. The number of aromatic amines is 1. The summed E-state index contributed by atoms with van der Waals surface area (Å²) in [5, 5.41) is 13.3. The molecule has 0 aliphatic carbocycles. The average molecular weight is 405 g/mol. The van der Waals surface area contributed by atoms with E-state index in [0.29, 0.717) is 0 Å². The third-order valence-corrected chi connectivity index (χ3v) is 5.48. The van der Waals surface area contributed by atoms with Crippen molar-refractivity contribution in [3.8, 4) is 11.4 Å². The van der Waals surface area contributed by atoms with Crippen molar-refractivity contribution in [2.75, 3.05) is 25.0 Å². The van der Waals surface area contributed by atoms with Crippen LogP contribution in [0, 0.1) is 0 Å². The molecule has 1 aliphatic rings. The smallest absolute Gasteiger partial charge is 0.129 e. The van der Waals surface area contributed by atoms with Crippen LogP contribution in [-0.4, -0.2) is 56.9 Å². The largest absolute Gasteiger partial charge is 0.357 e. The zero-order valence-electron chi connectivity index (χ0n) is 17.5. The number of anilines is 1. The molecule has 0 saturated carbocycles. The van der Waals surface area contributed by atoms with Gasteiger partial charge in [0.2, 0.25) is 0 Å². The SMILES string of the molecule is C=c1[nH]nc(-c2cccc(N3CCCC(N)CC3)n2)/c1=C/C(=N\C)c1cnn(C)c1. The van der Waals surface area contributed by atoms with Crippen LogP contribution in [0.3, 0.4) is 0 Å². The van der Waals surface area contributed by atoms with E-state index in [9.17, 15) is 0 Å². The fraction of sp³-hybridized carbons (Fsp3) is 0.364. The Morgan fingerprint density at radius 3 is 2.97 bits per heavy atom. The van der Waals surface area contributed by atoms with Crippen molar-refractivity contribution < 1.29 is 0 Å². The third kappa shape index (κ3) is 4.18. The lowest BCUT2D eigenvalue weighted by Crippen LogP contribution is -2.27. The number of H-pyrrole nitrogens is 1. The quantitative estimate of drug-likeness (QED) is 0.628. The first kappa shape index (κ1) is 20.0. The zero-order chi connectivity index (χ0) is 21.1. The summed E-state index contributed by atoms with van der Waals surface area (Å²) in [6.45, 7) is 6.00. The van der Waals surface area contributed by atoms with E-state index in [4.69, 9.17) is 10.7 Å². The molecule has 8 nitrogen and oxygen atoms in total. The van der Waals surface area contributed by atoms with Crippen LogP contribution in [0.4, 0.5) is 5.82 Å². The molecule has 3 N–H and O–H groups in total. The molecule has 3 aromatic rings. The van der Waals surface area contributed by atoms with Gasteiger partial charge in [0, 0.05) is 50.2 Å². The van der Waals surface area contributed by atoms with Crippen LogP contribution in [0.5, 0.6) is 0 Å². The first-order valence-electron chi connectivity index (χ1n) is 10.2. The first-order valence-corrected chi connectivity index (χ1v) is 10.2. The summed E-state index contributed by atoms with van der Waals surface area (Å²) >= 11 is 0. The fourth-order valence-corrected chi connectivity index (χ4v) is 3.79. The van der Waals surface area contributed by atoms with Crippen molar-refractivity contribution in [1.29, 1.82) is 0 Å². The van der Waals surface area contributed by atoms with E-state index in [0.717, 1.165) is 71.4 Å². The standard InChI is InChI=1S/C22H28N8/c1-15-18(12-20(24-2)16-13-25-29(3)14-16)22(28-27-15)19-7-4-8-21(26-19)30-10-5-6-17(23)9-11-30/h4,7-8,12-14,17,27H,1,5-6,9-11,23H2,2-3H3/b18-12+,24-20+. The minimum atomic E-state index is 0.277. The summed E-state index contributed by atoms with van der Waals surface area (Å²) in [5.41, 5.74) is 9.46. The fourth-order valence-electron chi connectivity index (χ4n) is 3.79. The van der Waals surface area contributed by atoms with Crippen molar-refractivity contribution in [3.05, 3.63) is 46.7 Å². The zero-order valence-corrected chi connectivity index (χ0v) is 17.5. The lowest BCUT2D eigenvalue weighted by Gasteiger charge is -2.21. The molecule has 1 aliphatic heterocycles. The number of aryl methyl sites for hydroxylation is 1. The van der Waals surface area contributed by atoms with Crippen LogP contribution < -0.4 is 21.2 Å². The molecule has 1 unspecified atom stereocenters. The Bertz CT molecular complexity index is 1160. The van der Waals surface area contributed by atoms with Gasteiger partial charge in [0.15, 0.2) is 0 Å². The Balaban J connectivity index is 1.72. The molecular formula is C22H28N8. The predicted molar refractivity (Wildman–Crippen MR) is 121 cm³/mol. The second-order valence-corrected chi connectivity index (χ2v) is 7.68. The van der Waals surface area contributed by atoms with Gasteiger partial charge < -0.3 is 10.6 Å². The minimum Gasteiger partial charge on any atom is -0.357 e. The highest BCUT2D eigenvalue weighted by Gasteiger charge is 2.16. The molecule has 4 rings (SSSR count). The first-order chi connectivity index (χ1) is 14.5. The molecule has 0 amide bonds. The maximum atomic E-state index is 6.14. The predicted octanol–water partition coefficient (Wildman–Crippen LogP) is 0.833. The van der Waals surface area contributed by atoms with Gasteiger partial charge in [-0.3, -0.25) is 14.8 Å². The van der Waals surface area contributed by atoms with Crippen molar-refractivity contribution >= 4 is 24.2 Å². The molecule has 1 atom stereocenters. The van der Waals surface area contributed by atoms with Crippen molar-refractivity contribution in [1.82, 2.24) is 25.0 Å². The second-order valence-electron chi connectivity index (χ2n) is 7.68. The van der Waals surface area contributed by atoms with Gasteiger partial charge in [-0.2, -0.15) is 10.2 Å². The van der Waals surface area contributed by atoms with Crippen LogP contribution in [0.2, 0.25) is 0 Å². The van der Waals surface area contributed by atoms with Crippen LogP contribution in [0.1, 0.15) is 24.8 Å². The van der Waals surface area contributed by atoms with Crippen molar-refractivity contribution in [3.63, 3.8) is 0 Å². The Kier molecular flexibility index (Phi) is 5.76. The van der Waals surface area contributed by atoms with Crippen LogP contribution in [0.15, 0.2) is 35.6 Å². The van der Waals surface area contributed by atoms with Gasteiger partial charge in [0.25, 0.3) is 0 Å². The molecule has 0 spiro atoms. The maximum absolute atomic E-state index is 6.14. The van der Waals surface area contributed by atoms with E-state index in [1.165, 1.54) is 0 Å². The topological polar surface area (TPSA) is 101 Å². The van der Waals surface area contributed by atoms with Crippen LogP contribution in [-0.2, 0) is 7.05 Å². The summed E-state index contributed by atoms with van der Waals surface area (Å²) in [6.07, 6.45) is 8.84. The van der Waals surface area contributed by atoms with E-state index in [1.807, 2.05) is 31.5 Å². The Hall–Kier alpha value is -3.26. The monoisotopic (exact) mass is 404 g/mol. The van der Waals surface area contributed by atoms with Crippen molar-refractivity contribution in [2.45, 2.75) is 25.3 Å². The van der Waals surface area contributed by atoms with Gasteiger partial charge in [-0.25, -0.2) is 4.98 Å². The summed E-state index contributed by atoms with van der Waals surface area (Å²) in [6, 6.07) is 6.33. The lowest BCUT2D eigenvalue weighted by molar-refractivity contribution is 0.601.